The smallest absolute Gasteiger partial charge is 0.0755 e. The Kier molecular flexibility index (Phi) is 9.61. The van der Waals surface area contributed by atoms with Crippen LogP contribution >= 0.6 is 0 Å². The third kappa shape index (κ3) is 7.64. The second kappa shape index (κ2) is 10.6. The van der Waals surface area contributed by atoms with Gasteiger partial charge in [0, 0.05) is 11.6 Å². The molecule has 1 heterocycles. The molecule has 6 nitrogen and oxygen atoms in total. The highest BCUT2D eigenvalue weighted by Gasteiger charge is 2.11. The van der Waals surface area contributed by atoms with E-state index in [0.29, 0.717) is 11.3 Å². The number of quaternary nitrogens is 1. The lowest BCUT2D eigenvalue weighted by molar-refractivity contribution is -0.662. The molecule has 1 aliphatic heterocycles. The van der Waals surface area contributed by atoms with E-state index in [1.54, 1.807) is 24.3 Å². The van der Waals surface area contributed by atoms with Crippen molar-refractivity contribution in [2.75, 3.05) is 18.8 Å². The lowest BCUT2D eigenvalue weighted by atomic mass is 9.99. The first kappa shape index (κ1) is 19.9. The molecule has 1 fully saturated rings. The Morgan fingerprint density at radius 3 is 1.86 bits per heavy atom. The van der Waals surface area contributed by atoms with Crippen molar-refractivity contribution in [3.63, 3.8) is 0 Å². The van der Waals surface area contributed by atoms with Crippen molar-refractivity contribution < 1.29 is 25.1 Å². The van der Waals surface area contributed by atoms with Crippen LogP contribution in [0.25, 0.3) is 0 Å². The number of rotatable bonds is 4. The van der Waals surface area contributed by atoms with Crippen LogP contribution < -0.4 is 21.3 Å². The van der Waals surface area contributed by atoms with Crippen molar-refractivity contribution in [3.05, 3.63) is 29.8 Å². The molecule has 0 radical (unpaired) electrons. The normalized spacial score (nSPS) is 13.5. The Bertz CT molecular complexity index is 430. The predicted molar refractivity (Wildman–Crippen MR) is 80.3 cm³/mol. The number of carboxylic acid groups (broad SMARTS) is 2. The van der Waals surface area contributed by atoms with E-state index in [9.17, 15) is 19.8 Å². The Morgan fingerprint density at radius 1 is 1.05 bits per heavy atom. The van der Waals surface area contributed by atoms with Gasteiger partial charge in [0.15, 0.2) is 0 Å². The van der Waals surface area contributed by atoms with Crippen molar-refractivity contribution >= 4 is 17.6 Å². The number of nitrogen functional groups attached to an aromatic ring is 1. The molecule has 4 N–H and O–H groups in total. The number of hydrogen-bond donors (Lipinski definition) is 2. The largest absolute Gasteiger partial charge is 0.549 e. The molecule has 0 unspecified atom stereocenters. The van der Waals surface area contributed by atoms with E-state index in [2.05, 4.69) is 5.32 Å². The highest BCUT2D eigenvalue weighted by Crippen LogP contribution is 2.10. The Morgan fingerprint density at radius 2 is 1.55 bits per heavy atom. The third-order valence-electron chi connectivity index (χ3n) is 3.31. The molecule has 1 aliphatic rings. The number of piperidine rings is 1. The molecule has 0 spiro atoms. The van der Waals surface area contributed by atoms with Gasteiger partial charge < -0.3 is 30.9 Å². The Labute approximate surface area is 131 Å². The maximum absolute atomic E-state index is 10.5. The SMILES string of the molecule is C.C1CC[NH2+]CC1.Nc1ccc(CC(C(=O)[O-])C(=O)[O-])cc1. The standard InChI is InChI=1S/C10H11NO4.C5H11N.CH4/c11-7-3-1-6(2-4-7)5-8(9(12)13)10(14)15;1-2-4-6-5-3-1;/h1-4,8H,5,11H2,(H,12,13)(H,14,15);6H,1-5H2;1H4/p-1. The molecule has 0 bridgehead atoms. The van der Waals surface area contributed by atoms with E-state index in [-0.39, 0.29) is 13.8 Å². The van der Waals surface area contributed by atoms with E-state index in [1.807, 2.05) is 0 Å². The van der Waals surface area contributed by atoms with Crippen LogP contribution in [-0.2, 0) is 16.0 Å². The van der Waals surface area contributed by atoms with Gasteiger partial charge in [-0.1, -0.05) is 19.6 Å². The van der Waals surface area contributed by atoms with Crippen LogP contribution in [0.15, 0.2) is 24.3 Å². The van der Waals surface area contributed by atoms with Crippen LogP contribution in [0.4, 0.5) is 5.69 Å². The lowest BCUT2D eigenvalue weighted by Crippen LogP contribution is -2.85. The second-order valence-corrected chi connectivity index (χ2v) is 5.06. The van der Waals surface area contributed by atoms with Gasteiger partial charge in [-0.15, -0.1) is 0 Å². The average molecular weight is 309 g/mol. The molecule has 0 atom stereocenters. The van der Waals surface area contributed by atoms with Gasteiger partial charge in [0.1, 0.15) is 0 Å². The maximum atomic E-state index is 10.5. The lowest BCUT2D eigenvalue weighted by Gasteiger charge is -2.18. The number of carbonyl (C=O) groups excluding carboxylic acids is 2. The van der Waals surface area contributed by atoms with Gasteiger partial charge in [0.2, 0.25) is 0 Å². The van der Waals surface area contributed by atoms with Gasteiger partial charge in [0.25, 0.3) is 0 Å². The summed E-state index contributed by atoms with van der Waals surface area (Å²) in [6.07, 6.45) is 4.20. The summed E-state index contributed by atoms with van der Waals surface area (Å²) >= 11 is 0. The average Bonchev–Trinajstić information content (AvgIpc) is 2.48. The summed E-state index contributed by atoms with van der Waals surface area (Å²) in [5.41, 5.74) is 6.50. The van der Waals surface area contributed by atoms with Crippen molar-refractivity contribution in [1.82, 2.24) is 0 Å². The molecular formula is C16H25N2O4-. The summed E-state index contributed by atoms with van der Waals surface area (Å²) in [7, 11) is 0. The quantitative estimate of drug-likeness (QED) is 0.507. The molecule has 0 aromatic heterocycles. The highest BCUT2D eigenvalue weighted by atomic mass is 16.4. The molecule has 0 amide bonds. The maximum Gasteiger partial charge on any atom is 0.0755 e. The number of nitrogens with two attached hydrogens (primary N) is 2. The van der Waals surface area contributed by atoms with Gasteiger partial charge in [-0.3, -0.25) is 0 Å². The number of carboxylic acids is 2. The summed E-state index contributed by atoms with van der Waals surface area (Å²) in [5, 5.41) is 23.3. The number of benzene rings is 1. The van der Waals surface area contributed by atoms with Gasteiger partial charge in [-0.05, 0) is 43.4 Å². The molecule has 0 saturated carbocycles. The van der Waals surface area contributed by atoms with Crippen LogP contribution in [0.2, 0.25) is 0 Å². The molecule has 22 heavy (non-hydrogen) atoms. The summed E-state index contributed by atoms with van der Waals surface area (Å²) < 4.78 is 0. The molecular weight excluding hydrogens is 284 g/mol. The monoisotopic (exact) mass is 309 g/mol. The third-order valence-corrected chi connectivity index (χ3v) is 3.31. The fourth-order valence-electron chi connectivity index (χ4n) is 2.05. The minimum atomic E-state index is -1.65. The van der Waals surface area contributed by atoms with E-state index < -0.39 is 17.9 Å². The Balaban J connectivity index is 0.000000529. The van der Waals surface area contributed by atoms with Crippen molar-refractivity contribution in [2.45, 2.75) is 33.1 Å². The van der Waals surface area contributed by atoms with E-state index >= 15 is 0 Å². The van der Waals surface area contributed by atoms with Gasteiger partial charge in [0.05, 0.1) is 25.0 Å². The number of hydrogen-bond acceptors (Lipinski definition) is 5. The van der Waals surface area contributed by atoms with E-state index in [4.69, 9.17) is 5.73 Å². The van der Waals surface area contributed by atoms with Crippen LogP contribution in [-0.4, -0.2) is 25.0 Å². The molecule has 1 saturated heterocycles. The van der Waals surface area contributed by atoms with Crippen molar-refractivity contribution in [2.24, 2.45) is 5.92 Å². The highest BCUT2D eigenvalue weighted by molar-refractivity contribution is 5.91. The summed E-state index contributed by atoms with van der Waals surface area (Å²) in [6, 6.07) is 6.26. The zero-order chi connectivity index (χ0) is 15.7. The van der Waals surface area contributed by atoms with Crippen LogP contribution in [0.1, 0.15) is 32.3 Å². The molecule has 1 aromatic rings. The van der Waals surface area contributed by atoms with E-state index in [0.717, 1.165) is 0 Å². The summed E-state index contributed by atoms with van der Waals surface area (Å²) in [4.78, 5) is 20.9. The zero-order valence-electron chi connectivity index (χ0n) is 11.9. The van der Waals surface area contributed by atoms with Gasteiger partial charge in [-0.25, -0.2) is 0 Å². The minimum Gasteiger partial charge on any atom is -0.549 e. The summed E-state index contributed by atoms with van der Waals surface area (Å²) in [6.45, 7) is 2.75. The second-order valence-electron chi connectivity index (χ2n) is 5.06. The predicted octanol–water partition coefficient (Wildman–Crippen LogP) is -1.70. The number of anilines is 1. The van der Waals surface area contributed by atoms with E-state index in [1.165, 1.54) is 32.4 Å². The van der Waals surface area contributed by atoms with Crippen LogP contribution in [0, 0.1) is 5.92 Å². The summed E-state index contributed by atoms with van der Waals surface area (Å²) in [5.74, 6) is -4.92. The minimum absolute atomic E-state index is 0. The van der Waals surface area contributed by atoms with Crippen molar-refractivity contribution in [3.8, 4) is 0 Å². The molecule has 1 aromatic carbocycles. The van der Waals surface area contributed by atoms with Crippen LogP contribution in [0.3, 0.4) is 0 Å². The number of carbonyl (C=O) groups is 2. The Hall–Kier alpha value is -2.08. The van der Waals surface area contributed by atoms with Gasteiger partial charge in [-0.2, -0.15) is 0 Å². The first-order valence-corrected chi connectivity index (χ1v) is 7.08. The zero-order valence-corrected chi connectivity index (χ0v) is 11.9. The molecule has 0 aliphatic carbocycles. The first-order chi connectivity index (χ1) is 10.0. The first-order valence-electron chi connectivity index (χ1n) is 7.08. The molecule has 2 rings (SSSR count). The topological polar surface area (TPSA) is 123 Å². The van der Waals surface area contributed by atoms with Crippen LogP contribution in [0.5, 0.6) is 0 Å². The van der Waals surface area contributed by atoms with Crippen molar-refractivity contribution in [1.29, 1.82) is 0 Å². The molecule has 6 heteroatoms. The fraction of sp³-hybridized carbons (Fsp3) is 0.500. The number of aliphatic carboxylic acids is 2. The molecule has 124 valence electrons. The fourth-order valence-corrected chi connectivity index (χ4v) is 2.05. The van der Waals surface area contributed by atoms with Gasteiger partial charge >= 0.3 is 0 Å².